The van der Waals surface area contributed by atoms with Crippen molar-refractivity contribution in [3.8, 4) is 22.6 Å². The Morgan fingerprint density at radius 2 is 1.55 bits per heavy atom. The van der Waals surface area contributed by atoms with Crippen LogP contribution in [0.25, 0.3) is 22.6 Å². The summed E-state index contributed by atoms with van der Waals surface area (Å²) in [6, 6.07) is 22.4. The van der Waals surface area contributed by atoms with E-state index in [0.29, 0.717) is 34.9 Å². The molecule has 0 aliphatic rings. The van der Waals surface area contributed by atoms with Crippen LogP contribution in [0.1, 0.15) is 11.5 Å². The van der Waals surface area contributed by atoms with Gasteiger partial charge in [0.25, 0.3) is 0 Å². The number of sulfone groups is 1. The summed E-state index contributed by atoms with van der Waals surface area (Å²) in [5.74, 6) is 0.457. The summed E-state index contributed by atoms with van der Waals surface area (Å²) in [5.41, 5.74) is 2.37. The van der Waals surface area contributed by atoms with Gasteiger partial charge in [-0.2, -0.15) is 0 Å². The van der Waals surface area contributed by atoms with E-state index < -0.39 is 15.7 Å². The van der Waals surface area contributed by atoms with Gasteiger partial charge < -0.3 is 4.42 Å². The van der Waals surface area contributed by atoms with Crippen LogP contribution in [-0.2, 0) is 16.3 Å². The molecule has 29 heavy (non-hydrogen) atoms. The highest BCUT2D eigenvalue weighted by molar-refractivity contribution is 7.90. The lowest BCUT2D eigenvalue weighted by atomic mass is 10.1. The summed E-state index contributed by atoms with van der Waals surface area (Å²) >= 11 is 0. The molecule has 1 heterocycles. The van der Waals surface area contributed by atoms with Crippen molar-refractivity contribution in [3.05, 3.63) is 96.1 Å². The van der Waals surface area contributed by atoms with Crippen LogP contribution in [0.5, 0.6) is 0 Å². The van der Waals surface area contributed by atoms with Gasteiger partial charge in [-0.15, -0.1) is 0 Å². The topological polar surface area (TPSA) is 60.2 Å². The molecule has 0 aliphatic heterocycles. The molecule has 0 N–H and O–H groups in total. The molecule has 1 aromatic heterocycles. The Labute approximate surface area is 168 Å². The van der Waals surface area contributed by atoms with Crippen molar-refractivity contribution in [1.82, 2.24) is 4.98 Å². The fraction of sp³-hybridized carbons (Fsp3) is 0.0870. The quantitative estimate of drug-likeness (QED) is 0.459. The molecule has 0 saturated heterocycles. The average Bonchev–Trinajstić information content (AvgIpc) is 3.12. The number of nitrogens with zero attached hydrogens (tertiary/aromatic N) is 1. The highest BCUT2D eigenvalue weighted by atomic mass is 32.2. The lowest BCUT2D eigenvalue weighted by Gasteiger charge is -2.04. The van der Waals surface area contributed by atoms with E-state index in [1.165, 1.54) is 18.2 Å². The van der Waals surface area contributed by atoms with E-state index in [1.807, 2.05) is 30.3 Å². The number of benzene rings is 3. The molecule has 6 heteroatoms. The Hall–Kier alpha value is -3.25. The second-order valence-corrected chi connectivity index (χ2v) is 8.74. The lowest BCUT2D eigenvalue weighted by Crippen LogP contribution is -1.96. The zero-order valence-corrected chi connectivity index (χ0v) is 16.5. The van der Waals surface area contributed by atoms with Gasteiger partial charge in [0.05, 0.1) is 4.90 Å². The van der Waals surface area contributed by atoms with E-state index in [-0.39, 0.29) is 4.90 Å². The van der Waals surface area contributed by atoms with Crippen LogP contribution in [-0.4, -0.2) is 19.7 Å². The molecule has 146 valence electrons. The molecule has 0 amide bonds. The Bertz CT molecular complexity index is 1250. The predicted octanol–water partition coefficient (Wildman–Crippen LogP) is 5.14. The molecule has 4 rings (SSSR count). The van der Waals surface area contributed by atoms with E-state index in [0.717, 1.165) is 11.8 Å². The number of halogens is 1. The molecule has 4 aromatic rings. The number of aromatic nitrogens is 1. The summed E-state index contributed by atoms with van der Waals surface area (Å²) in [6.45, 7) is 0. The zero-order valence-electron chi connectivity index (χ0n) is 15.7. The maximum atomic E-state index is 14.5. The third-order valence-electron chi connectivity index (χ3n) is 4.54. The molecular weight excluding hydrogens is 389 g/mol. The largest absolute Gasteiger partial charge is 0.440 e. The number of hydrogen-bond acceptors (Lipinski definition) is 4. The third-order valence-corrected chi connectivity index (χ3v) is 5.67. The maximum absolute atomic E-state index is 14.5. The van der Waals surface area contributed by atoms with Crippen LogP contribution in [0.4, 0.5) is 4.39 Å². The Morgan fingerprint density at radius 3 is 2.21 bits per heavy atom. The lowest BCUT2D eigenvalue weighted by molar-refractivity contribution is 0.519. The van der Waals surface area contributed by atoms with E-state index in [1.54, 1.807) is 30.3 Å². The minimum absolute atomic E-state index is 0.206. The summed E-state index contributed by atoms with van der Waals surface area (Å²) < 4.78 is 44.0. The summed E-state index contributed by atoms with van der Waals surface area (Å²) in [7, 11) is -3.31. The Morgan fingerprint density at radius 1 is 0.897 bits per heavy atom. The molecule has 0 spiro atoms. The predicted molar refractivity (Wildman–Crippen MR) is 110 cm³/mol. The van der Waals surface area contributed by atoms with Crippen molar-refractivity contribution < 1.29 is 17.2 Å². The van der Waals surface area contributed by atoms with Crippen molar-refractivity contribution in [2.24, 2.45) is 0 Å². The van der Waals surface area contributed by atoms with Gasteiger partial charge in [0.2, 0.25) is 0 Å². The minimum Gasteiger partial charge on any atom is -0.440 e. The highest BCUT2D eigenvalue weighted by Crippen LogP contribution is 2.35. The number of hydrogen-bond donors (Lipinski definition) is 0. The van der Waals surface area contributed by atoms with Crippen LogP contribution < -0.4 is 0 Å². The second kappa shape index (κ2) is 7.64. The van der Waals surface area contributed by atoms with Crippen molar-refractivity contribution in [2.45, 2.75) is 11.3 Å². The van der Waals surface area contributed by atoms with Crippen LogP contribution in [0.3, 0.4) is 0 Å². The minimum atomic E-state index is -3.31. The molecule has 0 bridgehead atoms. The maximum Gasteiger partial charge on any atom is 0.199 e. The van der Waals surface area contributed by atoms with Crippen molar-refractivity contribution in [1.29, 1.82) is 0 Å². The van der Waals surface area contributed by atoms with Crippen molar-refractivity contribution in [3.63, 3.8) is 0 Å². The standard InChI is InChI=1S/C23H18FNO3S/c1-29(26,27)18-13-11-17(12-14-18)23-22(19-9-5-6-10-20(19)24)25-21(28-23)15-16-7-3-2-4-8-16/h2-14H,15H2,1H3. The zero-order chi connectivity index (χ0) is 20.4. The van der Waals surface area contributed by atoms with E-state index in [2.05, 4.69) is 4.98 Å². The molecule has 0 atom stereocenters. The van der Waals surface area contributed by atoms with Gasteiger partial charge in [-0.05, 0) is 42.0 Å². The number of oxazole rings is 1. The summed E-state index contributed by atoms with van der Waals surface area (Å²) in [4.78, 5) is 4.77. The van der Waals surface area contributed by atoms with Crippen molar-refractivity contribution >= 4 is 9.84 Å². The van der Waals surface area contributed by atoms with Gasteiger partial charge in [0, 0.05) is 23.8 Å². The van der Waals surface area contributed by atoms with E-state index in [9.17, 15) is 12.8 Å². The third kappa shape index (κ3) is 4.12. The number of rotatable bonds is 5. The molecule has 0 saturated carbocycles. The van der Waals surface area contributed by atoms with Gasteiger partial charge >= 0.3 is 0 Å². The Balaban J connectivity index is 1.82. The van der Waals surface area contributed by atoms with Gasteiger partial charge in [0.15, 0.2) is 21.5 Å². The van der Waals surface area contributed by atoms with E-state index in [4.69, 9.17) is 4.42 Å². The molecule has 4 nitrogen and oxygen atoms in total. The van der Waals surface area contributed by atoms with Gasteiger partial charge in [0.1, 0.15) is 11.5 Å². The summed E-state index contributed by atoms with van der Waals surface area (Å²) in [6.07, 6.45) is 1.61. The molecular formula is C23H18FNO3S. The summed E-state index contributed by atoms with van der Waals surface area (Å²) in [5, 5.41) is 0. The molecule has 0 radical (unpaired) electrons. The first kappa shape index (κ1) is 19.1. The van der Waals surface area contributed by atoms with Crippen LogP contribution >= 0.6 is 0 Å². The molecule has 0 fully saturated rings. The van der Waals surface area contributed by atoms with Crippen LogP contribution in [0.2, 0.25) is 0 Å². The van der Waals surface area contributed by atoms with Gasteiger partial charge in [-0.3, -0.25) is 0 Å². The normalized spacial score (nSPS) is 11.5. The molecule has 0 unspecified atom stereocenters. The van der Waals surface area contributed by atoms with Crippen LogP contribution in [0, 0.1) is 5.82 Å². The highest BCUT2D eigenvalue weighted by Gasteiger charge is 2.20. The SMILES string of the molecule is CS(=O)(=O)c1ccc(-c2oc(Cc3ccccc3)nc2-c2ccccc2F)cc1. The Kier molecular flexibility index (Phi) is 5.03. The first-order valence-corrected chi connectivity index (χ1v) is 10.9. The van der Waals surface area contributed by atoms with Gasteiger partial charge in [-0.1, -0.05) is 42.5 Å². The first-order chi connectivity index (χ1) is 13.9. The van der Waals surface area contributed by atoms with Gasteiger partial charge in [-0.25, -0.2) is 17.8 Å². The molecule has 3 aromatic carbocycles. The monoisotopic (exact) mass is 407 g/mol. The smallest absolute Gasteiger partial charge is 0.199 e. The average molecular weight is 407 g/mol. The van der Waals surface area contributed by atoms with Crippen LogP contribution in [0.15, 0.2) is 88.2 Å². The second-order valence-electron chi connectivity index (χ2n) is 6.72. The van der Waals surface area contributed by atoms with E-state index >= 15 is 0 Å². The molecule has 0 aliphatic carbocycles. The first-order valence-electron chi connectivity index (χ1n) is 9.01. The van der Waals surface area contributed by atoms with Crippen molar-refractivity contribution in [2.75, 3.05) is 6.26 Å². The fourth-order valence-corrected chi connectivity index (χ4v) is 3.73. The fourth-order valence-electron chi connectivity index (χ4n) is 3.10.